The van der Waals surface area contributed by atoms with E-state index in [1.165, 1.54) is 24.3 Å². The highest BCUT2D eigenvalue weighted by Gasteiger charge is 2.12. The summed E-state index contributed by atoms with van der Waals surface area (Å²) in [4.78, 5) is 12.0. The van der Waals surface area contributed by atoms with Gasteiger partial charge in [0.2, 0.25) is 0 Å². The van der Waals surface area contributed by atoms with Gasteiger partial charge in [0, 0.05) is 10.2 Å². The van der Waals surface area contributed by atoms with Crippen molar-refractivity contribution in [2.75, 3.05) is 5.32 Å². The van der Waals surface area contributed by atoms with Crippen molar-refractivity contribution in [2.45, 2.75) is 0 Å². The fourth-order valence-electron chi connectivity index (χ4n) is 1.58. The maximum absolute atomic E-state index is 13.2. The van der Waals surface area contributed by atoms with Gasteiger partial charge in [-0.15, -0.1) is 0 Å². The van der Waals surface area contributed by atoms with Crippen LogP contribution in [-0.4, -0.2) is 11.0 Å². The summed E-state index contributed by atoms with van der Waals surface area (Å²) in [6, 6.07) is 9.79. The molecule has 20 heavy (non-hydrogen) atoms. The number of nitriles is 1. The zero-order valence-electron chi connectivity index (χ0n) is 10.0. The first-order chi connectivity index (χ1) is 9.51. The van der Waals surface area contributed by atoms with E-state index < -0.39 is 11.7 Å². The van der Waals surface area contributed by atoms with Gasteiger partial charge in [-0.2, -0.15) is 5.26 Å². The average molecular weight is 335 g/mol. The third-order valence-electron chi connectivity index (χ3n) is 2.55. The molecular weight excluding hydrogens is 327 g/mol. The largest absolute Gasteiger partial charge is 0.507 e. The lowest BCUT2D eigenvalue weighted by molar-refractivity contribution is 0.102. The average Bonchev–Trinajstić information content (AvgIpc) is 2.40. The Morgan fingerprint density at radius 2 is 2.05 bits per heavy atom. The number of anilines is 1. The van der Waals surface area contributed by atoms with E-state index in [0.29, 0.717) is 4.47 Å². The summed E-state index contributed by atoms with van der Waals surface area (Å²) in [5.74, 6) is -1.39. The molecule has 0 unspecified atom stereocenters. The van der Waals surface area contributed by atoms with E-state index in [-0.39, 0.29) is 22.6 Å². The minimum Gasteiger partial charge on any atom is -0.507 e. The molecule has 1 amide bonds. The highest BCUT2D eigenvalue weighted by atomic mass is 79.9. The number of nitrogens with zero attached hydrogens (tertiary/aromatic N) is 1. The van der Waals surface area contributed by atoms with Gasteiger partial charge >= 0.3 is 0 Å². The van der Waals surface area contributed by atoms with Gasteiger partial charge in [-0.25, -0.2) is 4.39 Å². The number of halogens is 2. The van der Waals surface area contributed by atoms with Crippen molar-refractivity contribution in [1.29, 1.82) is 5.26 Å². The quantitative estimate of drug-likeness (QED) is 0.883. The van der Waals surface area contributed by atoms with Crippen LogP contribution in [0, 0.1) is 17.1 Å². The van der Waals surface area contributed by atoms with E-state index in [9.17, 15) is 14.3 Å². The number of nitrogens with one attached hydrogen (secondary N) is 1. The molecule has 0 aliphatic rings. The molecule has 0 saturated heterocycles. The zero-order chi connectivity index (χ0) is 14.7. The lowest BCUT2D eigenvalue weighted by Gasteiger charge is -2.07. The Bertz CT molecular complexity index is 726. The number of hydrogen-bond donors (Lipinski definition) is 2. The molecule has 0 spiro atoms. The van der Waals surface area contributed by atoms with Crippen LogP contribution in [0.2, 0.25) is 0 Å². The maximum Gasteiger partial charge on any atom is 0.259 e. The molecule has 0 atom stereocenters. The van der Waals surface area contributed by atoms with Crippen molar-refractivity contribution in [3.63, 3.8) is 0 Å². The van der Waals surface area contributed by atoms with E-state index >= 15 is 0 Å². The predicted octanol–water partition coefficient (Wildman–Crippen LogP) is 3.42. The molecular formula is C14H8BrFN2O2. The second-order valence-electron chi connectivity index (χ2n) is 3.92. The van der Waals surface area contributed by atoms with Crippen LogP contribution in [0.15, 0.2) is 40.9 Å². The minimum absolute atomic E-state index is 0.0797. The van der Waals surface area contributed by atoms with Crippen LogP contribution in [0.5, 0.6) is 5.75 Å². The van der Waals surface area contributed by atoms with Crippen LogP contribution in [0.25, 0.3) is 0 Å². The Kier molecular flexibility index (Phi) is 4.01. The number of aromatic hydroxyl groups is 1. The molecule has 2 aromatic rings. The van der Waals surface area contributed by atoms with Crippen LogP contribution < -0.4 is 5.32 Å². The number of rotatable bonds is 2. The van der Waals surface area contributed by atoms with E-state index in [1.807, 2.05) is 0 Å². The van der Waals surface area contributed by atoms with E-state index in [0.717, 1.165) is 6.07 Å². The van der Waals surface area contributed by atoms with E-state index in [1.54, 1.807) is 12.1 Å². The van der Waals surface area contributed by atoms with Crippen molar-refractivity contribution >= 4 is 27.5 Å². The first kappa shape index (κ1) is 14.0. The Morgan fingerprint density at radius 1 is 1.30 bits per heavy atom. The normalized spacial score (nSPS) is 9.85. The van der Waals surface area contributed by atoms with Gasteiger partial charge in [0.1, 0.15) is 17.6 Å². The van der Waals surface area contributed by atoms with Gasteiger partial charge in [0.25, 0.3) is 5.91 Å². The molecule has 6 heteroatoms. The molecule has 0 radical (unpaired) electrons. The maximum atomic E-state index is 13.2. The summed E-state index contributed by atoms with van der Waals surface area (Å²) in [7, 11) is 0. The molecule has 0 aliphatic heterocycles. The van der Waals surface area contributed by atoms with Crippen molar-refractivity contribution < 1.29 is 14.3 Å². The molecule has 100 valence electrons. The number of benzene rings is 2. The standard InChI is InChI=1S/C14H8BrFN2O2/c15-9-1-3-11(13(19)6-9)14(20)18-10-2-4-12(16)8(5-10)7-17/h1-6,19H,(H,18,20). The summed E-state index contributed by atoms with van der Waals surface area (Å²) in [5.41, 5.74) is 0.189. The lowest BCUT2D eigenvalue weighted by atomic mass is 10.1. The number of carbonyl (C=O) groups is 1. The van der Waals surface area contributed by atoms with Crippen molar-refractivity contribution in [3.8, 4) is 11.8 Å². The fraction of sp³-hybridized carbons (Fsp3) is 0. The number of phenols is 1. The first-order valence-electron chi connectivity index (χ1n) is 5.51. The van der Waals surface area contributed by atoms with Gasteiger partial charge in [-0.05, 0) is 36.4 Å². The monoisotopic (exact) mass is 334 g/mol. The van der Waals surface area contributed by atoms with Crippen molar-refractivity contribution in [1.82, 2.24) is 0 Å². The van der Waals surface area contributed by atoms with Gasteiger partial charge in [0.05, 0.1) is 11.1 Å². The molecule has 0 fully saturated rings. The first-order valence-corrected chi connectivity index (χ1v) is 6.30. The van der Waals surface area contributed by atoms with Crippen molar-refractivity contribution in [3.05, 3.63) is 57.8 Å². The topological polar surface area (TPSA) is 73.1 Å². The number of carbonyl (C=O) groups excluding carboxylic acids is 1. The van der Waals surface area contributed by atoms with Gasteiger partial charge < -0.3 is 10.4 Å². The third kappa shape index (κ3) is 2.95. The second-order valence-corrected chi connectivity index (χ2v) is 4.84. The molecule has 2 rings (SSSR count). The van der Waals surface area contributed by atoms with Gasteiger partial charge in [-0.1, -0.05) is 15.9 Å². The minimum atomic E-state index is -0.656. The Hall–Kier alpha value is -2.39. The molecule has 0 bridgehead atoms. The Morgan fingerprint density at radius 3 is 2.70 bits per heavy atom. The SMILES string of the molecule is N#Cc1cc(NC(=O)c2ccc(Br)cc2O)ccc1F. The molecule has 0 saturated carbocycles. The summed E-state index contributed by atoms with van der Waals surface area (Å²) >= 11 is 3.17. The Balaban J connectivity index is 2.26. The van der Waals surface area contributed by atoms with Crippen LogP contribution in [0.4, 0.5) is 10.1 Å². The molecule has 0 heterocycles. The number of phenolic OH excluding ortho intramolecular Hbond substituents is 1. The van der Waals surface area contributed by atoms with Gasteiger partial charge in [-0.3, -0.25) is 4.79 Å². The molecule has 2 N–H and O–H groups in total. The summed E-state index contributed by atoms with van der Waals surface area (Å²) in [6.07, 6.45) is 0. The van der Waals surface area contributed by atoms with Crippen LogP contribution in [-0.2, 0) is 0 Å². The van der Waals surface area contributed by atoms with E-state index in [4.69, 9.17) is 5.26 Å². The molecule has 0 aliphatic carbocycles. The Labute approximate surface area is 122 Å². The second kappa shape index (κ2) is 5.72. The third-order valence-corrected chi connectivity index (χ3v) is 3.04. The zero-order valence-corrected chi connectivity index (χ0v) is 11.6. The molecule has 4 nitrogen and oxygen atoms in total. The smallest absolute Gasteiger partial charge is 0.259 e. The summed E-state index contributed by atoms with van der Waals surface area (Å²) < 4.78 is 13.8. The number of hydrogen-bond acceptors (Lipinski definition) is 3. The summed E-state index contributed by atoms with van der Waals surface area (Å²) in [5, 5.41) is 20.9. The van der Waals surface area contributed by atoms with E-state index in [2.05, 4.69) is 21.2 Å². The van der Waals surface area contributed by atoms with Crippen LogP contribution in [0.1, 0.15) is 15.9 Å². The molecule has 2 aromatic carbocycles. The number of amides is 1. The lowest BCUT2D eigenvalue weighted by Crippen LogP contribution is -2.12. The summed E-state index contributed by atoms with van der Waals surface area (Å²) in [6.45, 7) is 0. The highest BCUT2D eigenvalue weighted by Crippen LogP contribution is 2.23. The van der Waals surface area contributed by atoms with Crippen molar-refractivity contribution in [2.24, 2.45) is 0 Å². The molecule has 0 aromatic heterocycles. The highest BCUT2D eigenvalue weighted by molar-refractivity contribution is 9.10. The fourth-order valence-corrected chi connectivity index (χ4v) is 1.93. The predicted molar refractivity (Wildman–Crippen MR) is 74.9 cm³/mol. The van der Waals surface area contributed by atoms with Crippen LogP contribution >= 0.6 is 15.9 Å². The van der Waals surface area contributed by atoms with Crippen LogP contribution in [0.3, 0.4) is 0 Å². The van der Waals surface area contributed by atoms with Gasteiger partial charge in [0.15, 0.2) is 0 Å².